The molecule has 0 fully saturated rings. The van der Waals surface area contributed by atoms with E-state index in [4.69, 9.17) is 33.4 Å². The fourth-order valence-electron chi connectivity index (χ4n) is 3.48. The number of aliphatic hydroxyl groups is 2. The van der Waals surface area contributed by atoms with Gasteiger partial charge in [0.05, 0.1) is 11.0 Å². The molecule has 0 aliphatic heterocycles. The van der Waals surface area contributed by atoms with Crippen LogP contribution in [-0.4, -0.2) is 26.8 Å². The summed E-state index contributed by atoms with van der Waals surface area (Å²) in [6.07, 6.45) is 9.74. The van der Waals surface area contributed by atoms with Crippen molar-refractivity contribution in [1.82, 2.24) is 9.97 Å². The summed E-state index contributed by atoms with van der Waals surface area (Å²) in [5.74, 6) is 2.63. The molecule has 2 heterocycles. The van der Waals surface area contributed by atoms with Crippen LogP contribution >= 0.6 is 23.2 Å². The zero-order valence-electron chi connectivity index (χ0n) is 17.6. The van der Waals surface area contributed by atoms with Crippen molar-refractivity contribution in [2.75, 3.05) is 6.61 Å². The molecule has 0 bridgehead atoms. The van der Waals surface area contributed by atoms with Gasteiger partial charge in [-0.2, -0.15) is 0 Å². The predicted molar refractivity (Wildman–Crippen MR) is 132 cm³/mol. The van der Waals surface area contributed by atoms with Gasteiger partial charge in [-0.25, -0.2) is 0 Å². The lowest BCUT2D eigenvalue weighted by molar-refractivity contribution is 0.284. The predicted octanol–water partition coefficient (Wildman–Crippen LogP) is 6.36. The van der Waals surface area contributed by atoms with Gasteiger partial charge in [-0.1, -0.05) is 41.3 Å². The second-order valence-electron chi connectivity index (χ2n) is 7.23. The van der Waals surface area contributed by atoms with E-state index in [-0.39, 0.29) is 6.61 Å². The minimum Gasteiger partial charge on any atom is -0.462 e. The number of aryl methyl sites for hydroxylation is 2. The summed E-state index contributed by atoms with van der Waals surface area (Å²) in [6.45, 7) is 0.259. The summed E-state index contributed by atoms with van der Waals surface area (Å²) in [5, 5.41) is 20.8. The molecule has 0 aliphatic rings. The Hall–Kier alpha value is -2.84. The maximum absolute atomic E-state index is 8.76. The highest BCUT2D eigenvalue weighted by atomic mass is 35.5. The number of aliphatic hydroxyl groups excluding tert-OH is 2. The second kappa shape index (κ2) is 12.3. The number of pyridine rings is 2. The second-order valence-corrected chi connectivity index (χ2v) is 8.11. The Labute approximate surface area is 197 Å². The molecule has 0 amide bonds. The lowest BCUT2D eigenvalue weighted by Crippen LogP contribution is -1.91. The SMILES string of the molecule is OC#CCCc1ccnc2cc(Cl)ccc12.OCCCCc1ccnc2cc(Cl)ccc12. The monoisotopic (exact) mass is 466 g/mol. The third kappa shape index (κ3) is 6.58. The molecule has 0 unspecified atom stereocenters. The van der Waals surface area contributed by atoms with Gasteiger partial charge in [-0.15, -0.1) is 0 Å². The molecular weight excluding hydrogens is 443 g/mol. The molecule has 2 N–H and O–H groups in total. The largest absolute Gasteiger partial charge is 0.462 e. The smallest absolute Gasteiger partial charge is 0.107 e. The maximum Gasteiger partial charge on any atom is 0.107 e. The summed E-state index contributed by atoms with van der Waals surface area (Å²) in [6, 6.07) is 15.5. The van der Waals surface area contributed by atoms with Crippen LogP contribution in [0.3, 0.4) is 0 Å². The van der Waals surface area contributed by atoms with Crippen molar-refractivity contribution >= 4 is 45.0 Å². The molecule has 0 atom stereocenters. The van der Waals surface area contributed by atoms with Crippen LogP contribution in [0.15, 0.2) is 60.9 Å². The molecule has 2 aromatic carbocycles. The third-order valence-electron chi connectivity index (χ3n) is 5.04. The zero-order chi connectivity index (χ0) is 22.8. The molecule has 4 nitrogen and oxygen atoms in total. The average Bonchev–Trinajstić information content (AvgIpc) is 2.79. The molecule has 0 spiro atoms. The van der Waals surface area contributed by atoms with Gasteiger partial charge in [0.15, 0.2) is 0 Å². The lowest BCUT2D eigenvalue weighted by atomic mass is 10.0. The van der Waals surface area contributed by atoms with E-state index in [9.17, 15) is 0 Å². The van der Waals surface area contributed by atoms with Crippen molar-refractivity contribution < 1.29 is 10.2 Å². The number of nitrogens with zero attached hydrogens (tertiary/aromatic N) is 2. The van der Waals surface area contributed by atoms with Gasteiger partial charge >= 0.3 is 0 Å². The number of unbranched alkanes of at least 4 members (excludes halogenated alkanes) is 1. The van der Waals surface area contributed by atoms with Crippen molar-refractivity contribution in [2.24, 2.45) is 0 Å². The average molecular weight is 467 g/mol. The van der Waals surface area contributed by atoms with Crippen molar-refractivity contribution in [1.29, 1.82) is 0 Å². The minimum absolute atomic E-state index is 0.259. The standard InChI is InChI=1S/C13H14ClNO.C13H10ClNO/c2*14-11-4-5-12-10(3-1-2-8-16)6-7-15-13(12)9-11/h4-7,9,16H,1-3,8H2;4-7,9,16H,1,3H2. The molecule has 6 heteroatoms. The number of fused-ring (bicyclic) bond motifs is 2. The summed E-state index contributed by atoms with van der Waals surface area (Å²) in [4.78, 5) is 8.56. The highest BCUT2D eigenvalue weighted by Gasteiger charge is 2.03. The Balaban J connectivity index is 0.000000181. The Bertz CT molecular complexity index is 1250. The van der Waals surface area contributed by atoms with Crippen molar-refractivity contribution in [3.63, 3.8) is 0 Å². The first-order chi connectivity index (χ1) is 15.6. The Morgan fingerprint density at radius 3 is 1.84 bits per heavy atom. The lowest BCUT2D eigenvalue weighted by Gasteiger charge is -2.05. The number of benzene rings is 2. The van der Waals surface area contributed by atoms with E-state index in [1.54, 1.807) is 6.20 Å². The van der Waals surface area contributed by atoms with E-state index in [0.717, 1.165) is 47.5 Å². The van der Waals surface area contributed by atoms with Crippen LogP contribution in [-0.2, 0) is 12.8 Å². The van der Waals surface area contributed by atoms with Gasteiger partial charge in [0.25, 0.3) is 0 Å². The van der Waals surface area contributed by atoms with Gasteiger partial charge in [0.2, 0.25) is 0 Å². The quantitative estimate of drug-likeness (QED) is 0.256. The molecule has 0 saturated heterocycles. The highest BCUT2D eigenvalue weighted by Crippen LogP contribution is 2.22. The molecule has 32 heavy (non-hydrogen) atoms. The number of rotatable bonds is 6. The highest BCUT2D eigenvalue weighted by molar-refractivity contribution is 6.31. The first-order valence-electron chi connectivity index (χ1n) is 10.4. The summed E-state index contributed by atoms with van der Waals surface area (Å²) >= 11 is 11.8. The van der Waals surface area contributed by atoms with Crippen LogP contribution in [0.2, 0.25) is 10.0 Å². The van der Waals surface area contributed by atoms with E-state index in [1.807, 2.05) is 60.8 Å². The van der Waals surface area contributed by atoms with E-state index in [1.165, 1.54) is 11.1 Å². The van der Waals surface area contributed by atoms with Crippen LogP contribution in [0, 0.1) is 12.0 Å². The van der Waals surface area contributed by atoms with Crippen molar-refractivity contribution in [3.05, 3.63) is 82.1 Å². The van der Waals surface area contributed by atoms with E-state index >= 15 is 0 Å². The first-order valence-corrected chi connectivity index (χ1v) is 11.2. The van der Waals surface area contributed by atoms with E-state index in [0.29, 0.717) is 16.5 Å². The molecule has 0 saturated carbocycles. The maximum atomic E-state index is 8.76. The molecule has 164 valence electrons. The molecule has 0 radical (unpaired) electrons. The Morgan fingerprint density at radius 1 is 0.750 bits per heavy atom. The number of aromatic nitrogens is 2. The van der Waals surface area contributed by atoms with Crippen LogP contribution < -0.4 is 0 Å². The van der Waals surface area contributed by atoms with Gasteiger partial charge in [0.1, 0.15) is 6.11 Å². The fourth-order valence-corrected chi connectivity index (χ4v) is 3.81. The zero-order valence-corrected chi connectivity index (χ0v) is 19.1. The van der Waals surface area contributed by atoms with E-state index < -0.39 is 0 Å². The van der Waals surface area contributed by atoms with Crippen LogP contribution in [0.5, 0.6) is 0 Å². The van der Waals surface area contributed by atoms with Gasteiger partial charge < -0.3 is 10.2 Å². The van der Waals surface area contributed by atoms with Gasteiger partial charge in [-0.3, -0.25) is 9.97 Å². The first kappa shape index (κ1) is 23.8. The minimum atomic E-state index is 0.259. The summed E-state index contributed by atoms with van der Waals surface area (Å²) < 4.78 is 0. The normalized spacial score (nSPS) is 10.3. The fraction of sp³-hybridized carbons (Fsp3) is 0.231. The molecule has 0 aliphatic carbocycles. The van der Waals surface area contributed by atoms with Gasteiger partial charge in [0, 0.05) is 46.2 Å². The van der Waals surface area contributed by atoms with Crippen LogP contribution in [0.25, 0.3) is 21.8 Å². The number of hydrogen-bond donors (Lipinski definition) is 2. The molecule has 4 rings (SSSR count). The number of hydrogen-bond acceptors (Lipinski definition) is 4. The number of halogens is 2. The van der Waals surface area contributed by atoms with Crippen molar-refractivity contribution in [3.8, 4) is 12.0 Å². The molecule has 2 aromatic heterocycles. The van der Waals surface area contributed by atoms with Crippen LogP contribution in [0.4, 0.5) is 0 Å². The van der Waals surface area contributed by atoms with Crippen molar-refractivity contribution in [2.45, 2.75) is 32.1 Å². The Kier molecular flexibility index (Phi) is 9.13. The Morgan fingerprint density at radius 2 is 1.31 bits per heavy atom. The summed E-state index contributed by atoms with van der Waals surface area (Å²) in [7, 11) is 0. The third-order valence-corrected chi connectivity index (χ3v) is 5.51. The topological polar surface area (TPSA) is 66.2 Å². The summed E-state index contributed by atoms with van der Waals surface area (Å²) in [5.41, 5.74) is 4.27. The van der Waals surface area contributed by atoms with Crippen LogP contribution in [0.1, 0.15) is 30.4 Å². The van der Waals surface area contributed by atoms with E-state index in [2.05, 4.69) is 15.9 Å². The molecular formula is C26H24Cl2N2O2. The van der Waals surface area contributed by atoms with Gasteiger partial charge in [-0.05, 0) is 73.2 Å². The molecule has 4 aromatic rings.